The molecular weight excluding hydrogens is 435 g/mol. The number of hydrogen-bond acceptors (Lipinski definition) is 5. The molecule has 7 nitrogen and oxygen atoms in total. The van der Waals surface area contributed by atoms with Gasteiger partial charge in [0.05, 0.1) is 42.8 Å². The maximum Gasteiger partial charge on any atom is 0.401 e. The molecular formula is C23H24F3N5O2. The summed E-state index contributed by atoms with van der Waals surface area (Å²) in [5, 5.41) is 7.36. The number of hydrogen-bond donors (Lipinski definition) is 1. The molecule has 10 heteroatoms. The number of carbonyl (C=O) groups excluding carboxylic acids is 1. The van der Waals surface area contributed by atoms with Gasteiger partial charge in [0.15, 0.2) is 0 Å². The van der Waals surface area contributed by atoms with Crippen LogP contribution in [0.2, 0.25) is 0 Å². The number of halogens is 3. The van der Waals surface area contributed by atoms with E-state index in [0.717, 1.165) is 34.3 Å². The third kappa shape index (κ3) is 4.22. The van der Waals surface area contributed by atoms with E-state index in [1.54, 1.807) is 17.8 Å². The zero-order valence-corrected chi connectivity index (χ0v) is 18.2. The van der Waals surface area contributed by atoms with E-state index < -0.39 is 12.7 Å². The largest absolute Gasteiger partial charge is 0.496 e. The number of alkyl halides is 3. The molecule has 2 aromatic heterocycles. The van der Waals surface area contributed by atoms with Crippen molar-refractivity contribution >= 4 is 17.1 Å². The number of ether oxygens (including phenoxy) is 1. The van der Waals surface area contributed by atoms with Crippen LogP contribution >= 0.6 is 0 Å². The fourth-order valence-electron chi connectivity index (χ4n) is 4.64. The Morgan fingerprint density at radius 1 is 1.15 bits per heavy atom. The number of nitrogens with one attached hydrogen (secondary N) is 1. The normalized spacial score (nSPS) is 17.2. The third-order valence-corrected chi connectivity index (χ3v) is 6.26. The highest BCUT2D eigenvalue weighted by Gasteiger charge is 2.32. The zero-order chi connectivity index (χ0) is 23.2. The monoisotopic (exact) mass is 459 g/mol. The maximum atomic E-state index is 12.6. The second-order valence-corrected chi connectivity index (χ2v) is 8.37. The summed E-state index contributed by atoms with van der Waals surface area (Å²) in [5.74, 6) is 0.409. The van der Waals surface area contributed by atoms with Crippen LogP contribution in [0.25, 0.3) is 16.6 Å². The summed E-state index contributed by atoms with van der Waals surface area (Å²) in [6.07, 6.45) is 0.246. The van der Waals surface area contributed by atoms with Crippen LogP contribution in [0.5, 0.6) is 5.75 Å². The SMILES string of the molecule is COc1cc(-c2cnn3cc(N4CCN(CC(F)(F)F)CC4)ccc23)cc2c1C(=O)NCC2. The molecule has 0 aliphatic carbocycles. The van der Waals surface area contributed by atoms with Crippen molar-refractivity contribution in [1.82, 2.24) is 19.8 Å². The van der Waals surface area contributed by atoms with Gasteiger partial charge in [-0.3, -0.25) is 9.69 Å². The van der Waals surface area contributed by atoms with Crippen LogP contribution in [0.1, 0.15) is 15.9 Å². The van der Waals surface area contributed by atoms with Crippen LogP contribution in [0.3, 0.4) is 0 Å². The van der Waals surface area contributed by atoms with Gasteiger partial charge in [-0.2, -0.15) is 18.3 Å². The van der Waals surface area contributed by atoms with Crippen molar-refractivity contribution in [2.45, 2.75) is 12.6 Å². The lowest BCUT2D eigenvalue weighted by Gasteiger charge is -2.36. The first-order chi connectivity index (χ1) is 15.8. The van der Waals surface area contributed by atoms with Crippen molar-refractivity contribution in [2.24, 2.45) is 0 Å². The number of anilines is 1. The van der Waals surface area contributed by atoms with E-state index in [-0.39, 0.29) is 5.91 Å². The zero-order valence-electron chi connectivity index (χ0n) is 18.2. The highest BCUT2D eigenvalue weighted by atomic mass is 19.4. The number of nitrogens with zero attached hydrogens (tertiary/aromatic N) is 4. The molecule has 1 fully saturated rings. The Morgan fingerprint density at radius 3 is 2.67 bits per heavy atom. The minimum Gasteiger partial charge on any atom is -0.496 e. The minimum atomic E-state index is -4.17. The van der Waals surface area contributed by atoms with E-state index in [0.29, 0.717) is 44.0 Å². The number of amides is 1. The number of benzene rings is 1. The average molecular weight is 459 g/mol. The molecule has 0 unspecified atom stereocenters. The predicted octanol–water partition coefficient (Wildman–Crippen LogP) is 2.98. The Balaban J connectivity index is 1.40. The van der Waals surface area contributed by atoms with Gasteiger partial charge in [-0.15, -0.1) is 0 Å². The van der Waals surface area contributed by atoms with Gasteiger partial charge in [-0.05, 0) is 41.8 Å². The number of carbonyl (C=O) groups is 1. The van der Waals surface area contributed by atoms with Gasteiger partial charge in [0.2, 0.25) is 0 Å². The molecule has 0 spiro atoms. The maximum absolute atomic E-state index is 12.6. The van der Waals surface area contributed by atoms with Crippen molar-refractivity contribution in [3.8, 4) is 16.9 Å². The predicted molar refractivity (Wildman–Crippen MR) is 118 cm³/mol. The Hall–Kier alpha value is -3.27. The molecule has 1 amide bonds. The molecule has 1 saturated heterocycles. The smallest absolute Gasteiger partial charge is 0.401 e. The number of fused-ring (bicyclic) bond motifs is 2. The topological polar surface area (TPSA) is 62.1 Å². The van der Waals surface area contributed by atoms with Crippen LogP contribution in [-0.4, -0.2) is 73.0 Å². The van der Waals surface area contributed by atoms with E-state index in [1.165, 1.54) is 4.90 Å². The molecule has 0 atom stereocenters. The first-order valence-electron chi connectivity index (χ1n) is 10.8. The molecule has 2 aliphatic heterocycles. The molecule has 3 aromatic rings. The number of methoxy groups -OCH3 is 1. The highest BCUT2D eigenvalue weighted by Crippen LogP contribution is 2.34. The van der Waals surface area contributed by atoms with E-state index in [1.807, 2.05) is 30.5 Å². The Morgan fingerprint density at radius 2 is 1.94 bits per heavy atom. The summed E-state index contributed by atoms with van der Waals surface area (Å²) in [6, 6.07) is 7.82. The van der Waals surface area contributed by atoms with Gasteiger partial charge < -0.3 is 15.0 Å². The summed E-state index contributed by atoms with van der Waals surface area (Å²) < 4.78 is 45.2. The molecule has 0 saturated carbocycles. The second kappa shape index (κ2) is 8.26. The van der Waals surface area contributed by atoms with E-state index in [9.17, 15) is 18.0 Å². The second-order valence-electron chi connectivity index (χ2n) is 8.37. The van der Waals surface area contributed by atoms with E-state index in [2.05, 4.69) is 15.3 Å². The van der Waals surface area contributed by atoms with Crippen molar-refractivity contribution in [3.63, 3.8) is 0 Å². The quantitative estimate of drug-likeness (QED) is 0.650. The van der Waals surface area contributed by atoms with Gasteiger partial charge in [-0.25, -0.2) is 4.52 Å². The fraction of sp³-hybridized carbons (Fsp3) is 0.391. The van der Waals surface area contributed by atoms with Gasteiger partial charge in [-0.1, -0.05) is 0 Å². The van der Waals surface area contributed by atoms with Crippen LogP contribution in [0.4, 0.5) is 18.9 Å². The third-order valence-electron chi connectivity index (χ3n) is 6.26. The van der Waals surface area contributed by atoms with Crippen LogP contribution in [0.15, 0.2) is 36.7 Å². The van der Waals surface area contributed by atoms with Crippen LogP contribution in [0, 0.1) is 0 Å². The summed E-state index contributed by atoms with van der Waals surface area (Å²) in [6.45, 7) is 1.51. The molecule has 4 heterocycles. The lowest BCUT2D eigenvalue weighted by atomic mass is 9.94. The van der Waals surface area contributed by atoms with Crippen LogP contribution in [-0.2, 0) is 6.42 Å². The van der Waals surface area contributed by atoms with Gasteiger partial charge in [0.1, 0.15) is 5.75 Å². The minimum absolute atomic E-state index is 0.125. The van der Waals surface area contributed by atoms with Crippen molar-refractivity contribution in [3.05, 3.63) is 47.8 Å². The molecule has 0 bridgehead atoms. The number of aromatic nitrogens is 2. The first-order valence-corrected chi connectivity index (χ1v) is 10.8. The fourth-order valence-corrected chi connectivity index (χ4v) is 4.64. The standard InChI is InChI=1S/C23H24F3N5O2/c1-33-20-11-16(10-15-4-5-27-22(32)21(15)20)18-12-28-31-13-17(2-3-19(18)31)30-8-6-29(7-9-30)14-23(24,25)26/h2-3,10-13H,4-9,14H2,1H3,(H,27,32). The summed E-state index contributed by atoms with van der Waals surface area (Å²) in [7, 11) is 1.55. The first kappa shape index (κ1) is 21.6. The van der Waals surface area contributed by atoms with Crippen molar-refractivity contribution in [1.29, 1.82) is 0 Å². The molecule has 33 heavy (non-hydrogen) atoms. The number of rotatable bonds is 4. The van der Waals surface area contributed by atoms with E-state index in [4.69, 9.17) is 4.74 Å². The van der Waals surface area contributed by atoms with Crippen molar-refractivity contribution < 1.29 is 22.7 Å². The van der Waals surface area contributed by atoms with Crippen molar-refractivity contribution in [2.75, 3.05) is 51.3 Å². The Bertz CT molecular complexity index is 1180. The summed E-state index contributed by atoms with van der Waals surface area (Å²) >= 11 is 0. The molecule has 2 aliphatic rings. The van der Waals surface area contributed by atoms with Gasteiger partial charge >= 0.3 is 6.18 Å². The Kier molecular flexibility index (Phi) is 5.40. The number of pyridine rings is 1. The van der Waals surface area contributed by atoms with Gasteiger partial charge in [0.25, 0.3) is 5.91 Å². The summed E-state index contributed by atoms with van der Waals surface area (Å²) in [4.78, 5) is 15.8. The van der Waals surface area contributed by atoms with Crippen LogP contribution < -0.4 is 15.0 Å². The molecule has 1 aromatic carbocycles. The lowest BCUT2D eigenvalue weighted by Crippen LogP contribution is -2.49. The molecule has 1 N–H and O–H groups in total. The molecule has 5 rings (SSSR count). The molecule has 174 valence electrons. The highest BCUT2D eigenvalue weighted by molar-refractivity contribution is 6.00. The average Bonchev–Trinajstić information content (AvgIpc) is 3.21. The summed E-state index contributed by atoms with van der Waals surface area (Å²) in [5.41, 5.74) is 5.18. The van der Waals surface area contributed by atoms with E-state index >= 15 is 0 Å². The Labute approximate surface area is 188 Å². The lowest BCUT2D eigenvalue weighted by molar-refractivity contribution is -0.146. The van der Waals surface area contributed by atoms with Gasteiger partial charge in [0, 0.05) is 38.3 Å². The molecule has 0 radical (unpaired) electrons. The number of piperazine rings is 1.